The van der Waals surface area contributed by atoms with Crippen LogP contribution in [0.2, 0.25) is 0 Å². The number of hydrogen-bond donors (Lipinski definition) is 1. The number of nitrogens with zero attached hydrogens (tertiary/aromatic N) is 2. The highest BCUT2D eigenvalue weighted by Gasteiger charge is 2.24. The van der Waals surface area contributed by atoms with E-state index in [-0.39, 0.29) is 5.56 Å². The summed E-state index contributed by atoms with van der Waals surface area (Å²) < 4.78 is 30.6. The van der Waals surface area contributed by atoms with Crippen molar-refractivity contribution in [1.29, 1.82) is 0 Å². The van der Waals surface area contributed by atoms with E-state index in [0.717, 1.165) is 18.5 Å². The van der Waals surface area contributed by atoms with Gasteiger partial charge < -0.3 is 5.32 Å². The Bertz CT molecular complexity index is 875. The Kier molecular flexibility index (Phi) is 3.71. The molecule has 124 valence electrons. The third kappa shape index (κ3) is 2.44. The van der Waals surface area contributed by atoms with Crippen molar-refractivity contribution < 1.29 is 8.78 Å². The fourth-order valence-electron chi connectivity index (χ4n) is 3.55. The molecule has 0 aliphatic heterocycles. The summed E-state index contributed by atoms with van der Waals surface area (Å²) in [5, 5.41) is 3.49. The van der Waals surface area contributed by atoms with Crippen LogP contribution in [0, 0.1) is 18.6 Å². The molecule has 4 rings (SSSR count). The van der Waals surface area contributed by atoms with E-state index in [2.05, 4.69) is 10.3 Å². The third-order valence-electron chi connectivity index (χ3n) is 4.73. The molecule has 1 aliphatic carbocycles. The van der Waals surface area contributed by atoms with Gasteiger partial charge in [0.2, 0.25) is 0 Å². The molecule has 0 bridgehead atoms. The van der Waals surface area contributed by atoms with Gasteiger partial charge in [0.15, 0.2) is 0 Å². The Hall–Kier alpha value is -2.43. The van der Waals surface area contributed by atoms with Crippen molar-refractivity contribution in [2.24, 2.45) is 0 Å². The Balaban J connectivity index is 1.95. The van der Waals surface area contributed by atoms with Gasteiger partial charge >= 0.3 is 0 Å². The Morgan fingerprint density at radius 3 is 2.42 bits per heavy atom. The number of imidazole rings is 1. The maximum atomic E-state index is 14.3. The van der Waals surface area contributed by atoms with Gasteiger partial charge in [0.1, 0.15) is 28.8 Å². The van der Waals surface area contributed by atoms with Gasteiger partial charge in [-0.1, -0.05) is 25.0 Å². The summed E-state index contributed by atoms with van der Waals surface area (Å²) in [4.78, 5) is 4.53. The van der Waals surface area contributed by atoms with Crippen LogP contribution in [0.15, 0.2) is 36.4 Å². The van der Waals surface area contributed by atoms with Crippen LogP contribution >= 0.6 is 0 Å². The second-order valence-electron chi connectivity index (χ2n) is 6.39. The van der Waals surface area contributed by atoms with Crippen LogP contribution in [0.3, 0.4) is 0 Å². The van der Waals surface area contributed by atoms with E-state index in [1.54, 1.807) is 0 Å². The molecule has 2 aromatic heterocycles. The van der Waals surface area contributed by atoms with Crippen LogP contribution < -0.4 is 5.32 Å². The number of rotatable bonds is 3. The average Bonchev–Trinajstić information content (AvgIpc) is 3.17. The van der Waals surface area contributed by atoms with Crippen LogP contribution in [-0.2, 0) is 0 Å². The molecule has 0 unspecified atom stereocenters. The number of pyridine rings is 1. The number of hydrogen-bond acceptors (Lipinski definition) is 2. The second-order valence-corrected chi connectivity index (χ2v) is 6.39. The van der Waals surface area contributed by atoms with Crippen molar-refractivity contribution in [3.05, 3.63) is 53.7 Å². The molecule has 5 heteroatoms. The Labute approximate surface area is 139 Å². The number of nitrogens with one attached hydrogen (secondary N) is 1. The van der Waals surface area contributed by atoms with Crippen LogP contribution in [-0.4, -0.2) is 15.4 Å². The van der Waals surface area contributed by atoms with E-state index in [1.807, 2.05) is 29.5 Å². The molecule has 1 N–H and O–H groups in total. The summed E-state index contributed by atoms with van der Waals surface area (Å²) in [7, 11) is 0. The van der Waals surface area contributed by atoms with E-state index < -0.39 is 11.6 Å². The fourth-order valence-corrected chi connectivity index (χ4v) is 3.55. The van der Waals surface area contributed by atoms with Gasteiger partial charge in [-0.15, -0.1) is 0 Å². The highest BCUT2D eigenvalue weighted by Crippen LogP contribution is 2.35. The van der Waals surface area contributed by atoms with Gasteiger partial charge in [-0.2, -0.15) is 0 Å². The van der Waals surface area contributed by atoms with Crippen LogP contribution in [0.25, 0.3) is 16.9 Å². The lowest BCUT2D eigenvalue weighted by Gasteiger charge is -2.16. The van der Waals surface area contributed by atoms with Gasteiger partial charge in [-0.25, -0.2) is 13.8 Å². The summed E-state index contributed by atoms with van der Waals surface area (Å²) >= 11 is 0. The first kappa shape index (κ1) is 15.1. The summed E-state index contributed by atoms with van der Waals surface area (Å²) in [5.41, 5.74) is 1.93. The van der Waals surface area contributed by atoms with Crippen molar-refractivity contribution in [3.63, 3.8) is 0 Å². The zero-order chi connectivity index (χ0) is 16.7. The highest BCUT2D eigenvalue weighted by molar-refractivity contribution is 5.77. The molecule has 1 saturated carbocycles. The first-order valence-electron chi connectivity index (χ1n) is 8.34. The lowest BCUT2D eigenvalue weighted by Crippen LogP contribution is -2.17. The Morgan fingerprint density at radius 2 is 1.71 bits per heavy atom. The SMILES string of the molecule is Cc1cccc2nc(-c3c(F)cccc3F)c(NC3CCCC3)n12. The van der Waals surface area contributed by atoms with Crippen molar-refractivity contribution in [3.8, 4) is 11.3 Å². The Morgan fingerprint density at radius 1 is 1.04 bits per heavy atom. The maximum absolute atomic E-state index is 14.3. The van der Waals surface area contributed by atoms with Crippen molar-refractivity contribution in [2.45, 2.75) is 38.6 Å². The van der Waals surface area contributed by atoms with E-state index in [9.17, 15) is 8.78 Å². The molecular formula is C19H19F2N3. The normalized spacial score (nSPS) is 15.3. The minimum absolute atomic E-state index is 0.0684. The van der Waals surface area contributed by atoms with Crippen LogP contribution in [0.1, 0.15) is 31.4 Å². The standard InChI is InChI=1S/C19H19F2N3/c1-12-6-4-11-16-23-18(17-14(20)9-5-10-15(17)21)19(24(12)16)22-13-7-2-3-8-13/h4-6,9-11,13,22H,2-3,7-8H2,1H3. The molecule has 0 radical (unpaired) electrons. The average molecular weight is 327 g/mol. The second kappa shape index (κ2) is 5.89. The molecule has 24 heavy (non-hydrogen) atoms. The monoisotopic (exact) mass is 327 g/mol. The molecular weight excluding hydrogens is 308 g/mol. The molecule has 1 aromatic carbocycles. The molecule has 0 amide bonds. The van der Waals surface area contributed by atoms with Crippen LogP contribution in [0.4, 0.5) is 14.6 Å². The quantitative estimate of drug-likeness (QED) is 0.738. The molecule has 1 fully saturated rings. The van der Waals surface area contributed by atoms with E-state index in [1.165, 1.54) is 31.0 Å². The fraction of sp³-hybridized carbons (Fsp3) is 0.316. The van der Waals surface area contributed by atoms with Crippen LogP contribution in [0.5, 0.6) is 0 Å². The number of halogens is 2. The zero-order valence-electron chi connectivity index (χ0n) is 13.5. The lowest BCUT2D eigenvalue weighted by atomic mass is 10.1. The number of benzene rings is 1. The summed E-state index contributed by atoms with van der Waals surface area (Å²) in [6.07, 6.45) is 4.49. The molecule has 0 saturated heterocycles. The largest absolute Gasteiger partial charge is 0.367 e. The zero-order valence-corrected chi connectivity index (χ0v) is 13.5. The molecule has 2 heterocycles. The molecule has 3 aromatic rings. The minimum Gasteiger partial charge on any atom is -0.367 e. The minimum atomic E-state index is -0.592. The van der Waals surface area contributed by atoms with E-state index in [0.29, 0.717) is 23.2 Å². The molecule has 3 nitrogen and oxygen atoms in total. The number of aromatic nitrogens is 2. The predicted octanol–water partition coefficient (Wildman–Crippen LogP) is 4.94. The molecule has 1 aliphatic rings. The first-order valence-corrected chi connectivity index (χ1v) is 8.34. The first-order chi connectivity index (χ1) is 11.6. The topological polar surface area (TPSA) is 29.3 Å². The van der Waals surface area contributed by atoms with Crippen molar-refractivity contribution in [1.82, 2.24) is 9.38 Å². The number of anilines is 1. The van der Waals surface area contributed by atoms with E-state index >= 15 is 0 Å². The summed E-state index contributed by atoms with van der Waals surface area (Å²) in [5.74, 6) is -0.505. The van der Waals surface area contributed by atoms with Crippen molar-refractivity contribution in [2.75, 3.05) is 5.32 Å². The number of aryl methyl sites for hydroxylation is 1. The van der Waals surface area contributed by atoms with Gasteiger partial charge in [0.05, 0.1) is 5.56 Å². The van der Waals surface area contributed by atoms with Gasteiger partial charge in [-0.3, -0.25) is 4.40 Å². The smallest absolute Gasteiger partial charge is 0.139 e. The van der Waals surface area contributed by atoms with Crippen molar-refractivity contribution >= 4 is 11.5 Å². The predicted molar refractivity (Wildman–Crippen MR) is 91.2 cm³/mol. The summed E-state index contributed by atoms with van der Waals surface area (Å²) in [6, 6.07) is 9.96. The third-order valence-corrected chi connectivity index (χ3v) is 4.73. The van der Waals surface area contributed by atoms with Gasteiger partial charge in [0.25, 0.3) is 0 Å². The van der Waals surface area contributed by atoms with Gasteiger partial charge in [-0.05, 0) is 44.0 Å². The molecule has 0 atom stereocenters. The highest BCUT2D eigenvalue weighted by atomic mass is 19.1. The maximum Gasteiger partial charge on any atom is 0.139 e. The van der Waals surface area contributed by atoms with E-state index in [4.69, 9.17) is 0 Å². The lowest BCUT2D eigenvalue weighted by molar-refractivity contribution is 0.589. The van der Waals surface area contributed by atoms with Gasteiger partial charge in [0, 0.05) is 11.7 Å². The number of fused-ring (bicyclic) bond motifs is 1. The summed E-state index contributed by atoms with van der Waals surface area (Å²) in [6.45, 7) is 1.97. The molecule has 0 spiro atoms.